The molecule has 5 nitrogen and oxygen atoms in total. The highest BCUT2D eigenvalue weighted by Gasteiger charge is 2.09. The summed E-state index contributed by atoms with van der Waals surface area (Å²) in [4.78, 5) is 16.3. The van der Waals surface area contributed by atoms with E-state index >= 15 is 0 Å². The van der Waals surface area contributed by atoms with Crippen molar-refractivity contribution in [1.82, 2.24) is 9.55 Å². The lowest BCUT2D eigenvalue weighted by molar-refractivity contribution is 0.503. The number of pyridine rings is 1. The summed E-state index contributed by atoms with van der Waals surface area (Å²) in [6, 6.07) is 6.96. The van der Waals surface area contributed by atoms with Gasteiger partial charge in [-0.15, -0.1) is 0 Å². The summed E-state index contributed by atoms with van der Waals surface area (Å²) >= 11 is 6.57. The molecule has 7 heteroatoms. The van der Waals surface area contributed by atoms with Crippen LogP contribution in [-0.2, 0) is 6.54 Å². The maximum Gasteiger partial charge on any atom is 0.265 e. The van der Waals surface area contributed by atoms with E-state index in [4.69, 9.17) is 10.2 Å². The zero-order valence-corrected chi connectivity index (χ0v) is 13.3. The van der Waals surface area contributed by atoms with Crippen LogP contribution in [0, 0.1) is 0 Å². The number of rotatable bonds is 2. The third kappa shape index (κ3) is 2.51. The van der Waals surface area contributed by atoms with Crippen molar-refractivity contribution in [2.75, 3.05) is 5.73 Å². The topological polar surface area (TPSA) is 74.0 Å². The fourth-order valence-electron chi connectivity index (χ4n) is 1.88. The summed E-state index contributed by atoms with van der Waals surface area (Å²) in [7, 11) is 0. The van der Waals surface area contributed by atoms with Crippen LogP contribution in [0.15, 0.2) is 48.6 Å². The minimum absolute atomic E-state index is 0.144. The van der Waals surface area contributed by atoms with E-state index in [2.05, 4.69) is 36.8 Å². The molecule has 0 spiro atoms. The summed E-state index contributed by atoms with van der Waals surface area (Å²) in [6.07, 6.45) is 1.69. The smallest absolute Gasteiger partial charge is 0.265 e. The highest BCUT2D eigenvalue weighted by molar-refractivity contribution is 9.11. The second kappa shape index (κ2) is 5.06. The average Bonchev–Trinajstić information content (AvgIpc) is 2.76. The molecule has 0 radical (unpaired) electrons. The monoisotopic (exact) mass is 397 g/mol. The van der Waals surface area contributed by atoms with Crippen LogP contribution in [0.4, 0.5) is 5.69 Å². The van der Waals surface area contributed by atoms with Crippen molar-refractivity contribution in [2.24, 2.45) is 0 Å². The van der Waals surface area contributed by atoms with E-state index in [9.17, 15) is 4.79 Å². The van der Waals surface area contributed by atoms with Crippen molar-refractivity contribution in [2.45, 2.75) is 6.54 Å². The second-order valence-corrected chi connectivity index (χ2v) is 6.04. The molecule has 2 heterocycles. The first-order chi connectivity index (χ1) is 9.52. The van der Waals surface area contributed by atoms with Crippen molar-refractivity contribution in [3.63, 3.8) is 0 Å². The Kier molecular flexibility index (Phi) is 3.39. The minimum atomic E-state index is -0.144. The van der Waals surface area contributed by atoms with Gasteiger partial charge in [0, 0.05) is 22.4 Å². The maximum atomic E-state index is 12.0. The van der Waals surface area contributed by atoms with Crippen LogP contribution in [-0.4, -0.2) is 9.55 Å². The molecule has 0 saturated heterocycles. The summed E-state index contributed by atoms with van der Waals surface area (Å²) in [5, 5.41) is 0. The molecule has 0 saturated carbocycles. The van der Waals surface area contributed by atoms with Gasteiger partial charge in [-0.05, 0) is 50.1 Å². The number of hydrogen-bond donors (Lipinski definition) is 1. The molecule has 0 amide bonds. The molecule has 3 rings (SSSR count). The first-order valence-electron chi connectivity index (χ1n) is 5.73. The van der Waals surface area contributed by atoms with Crippen molar-refractivity contribution in [3.05, 3.63) is 55.7 Å². The maximum absolute atomic E-state index is 12.0. The molecule has 0 atom stereocenters. The molecule has 1 aromatic carbocycles. The Morgan fingerprint density at radius 2 is 2.10 bits per heavy atom. The van der Waals surface area contributed by atoms with E-state index in [1.807, 2.05) is 0 Å². The normalized spacial score (nSPS) is 11.1. The number of nitrogens with zero attached hydrogens (tertiary/aromatic N) is 2. The Balaban J connectivity index is 2.03. The lowest BCUT2D eigenvalue weighted by Crippen LogP contribution is -2.20. The van der Waals surface area contributed by atoms with Gasteiger partial charge in [0.15, 0.2) is 5.58 Å². The number of aromatic nitrogens is 2. The molecule has 0 unspecified atom stereocenters. The highest BCUT2D eigenvalue weighted by atomic mass is 79.9. The predicted molar refractivity (Wildman–Crippen MR) is 83.6 cm³/mol. The molecule has 102 valence electrons. The largest absolute Gasteiger partial charge is 0.439 e. The molecular weight excluding hydrogens is 390 g/mol. The molecule has 0 aliphatic carbocycles. The summed E-state index contributed by atoms with van der Waals surface area (Å²) in [5.74, 6) is 0.456. The van der Waals surface area contributed by atoms with Gasteiger partial charge in [-0.1, -0.05) is 0 Å². The third-order valence-corrected chi connectivity index (χ3v) is 3.77. The quantitative estimate of drug-likeness (QED) is 0.673. The number of oxazole rings is 1. The van der Waals surface area contributed by atoms with Gasteiger partial charge in [-0.2, -0.15) is 0 Å². The Bertz CT molecular complexity index is 854. The van der Waals surface area contributed by atoms with Crippen LogP contribution in [0.5, 0.6) is 0 Å². The number of anilines is 1. The third-order valence-electron chi connectivity index (χ3n) is 2.77. The lowest BCUT2D eigenvalue weighted by Gasteiger charge is -2.03. The van der Waals surface area contributed by atoms with Crippen LogP contribution in [0.2, 0.25) is 0 Å². The van der Waals surface area contributed by atoms with Crippen molar-refractivity contribution < 1.29 is 4.42 Å². The summed E-state index contributed by atoms with van der Waals surface area (Å²) in [6.45, 7) is 0.255. The highest BCUT2D eigenvalue weighted by Crippen LogP contribution is 2.19. The number of hydrogen-bond acceptors (Lipinski definition) is 4. The predicted octanol–water partition coefficient (Wildman–Crippen LogP) is 3.15. The molecule has 2 N–H and O–H groups in total. The molecule has 20 heavy (non-hydrogen) atoms. The number of nitrogen functional groups attached to an aromatic ring is 1. The lowest BCUT2D eigenvalue weighted by atomic mass is 10.3. The number of fused-ring (bicyclic) bond motifs is 1. The summed E-state index contributed by atoms with van der Waals surface area (Å²) < 4.78 is 8.40. The van der Waals surface area contributed by atoms with Gasteiger partial charge < -0.3 is 14.7 Å². The van der Waals surface area contributed by atoms with Gasteiger partial charge in [0.05, 0.1) is 4.47 Å². The fourth-order valence-corrected chi connectivity index (χ4v) is 3.14. The SMILES string of the molecule is Nc1ccc2nc(Cn3cc(Br)cc(Br)c3=O)oc2c1. The van der Waals surface area contributed by atoms with E-state index < -0.39 is 0 Å². The molecule has 0 fully saturated rings. The van der Waals surface area contributed by atoms with E-state index in [1.54, 1.807) is 30.5 Å². The van der Waals surface area contributed by atoms with E-state index in [1.165, 1.54) is 4.57 Å². The Hall–Kier alpha value is -1.60. The zero-order chi connectivity index (χ0) is 14.3. The molecular formula is C13H9Br2N3O2. The number of benzene rings is 1. The number of nitrogens with two attached hydrogens (primary N) is 1. The van der Waals surface area contributed by atoms with Gasteiger partial charge in [-0.3, -0.25) is 4.79 Å². The first-order valence-corrected chi connectivity index (χ1v) is 7.32. The van der Waals surface area contributed by atoms with Crippen molar-refractivity contribution in [3.8, 4) is 0 Å². The van der Waals surface area contributed by atoms with Crippen LogP contribution < -0.4 is 11.3 Å². The van der Waals surface area contributed by atoms with E-state index in [-0.39, 0.29) is 12.1 Å². The first kappa shape index (κ1) is 13.4. The van der Waals surface area contributed by atoms with Gasteiger partial charge in [0.25, 0.3) is 5.56 Å². The van der Waals surface area contributed by atoms with Gasteiger partial charge in [0.1, 0.15) is 12.1 Å². The van der Waals surface area contributed by atoms with Crippen LogP contribution in [0.3, 0.4) is 0 Å². The average molecular weight is 399 g/mol. The molecule has 3 aromatic rings. The van der Waals surface area contributed by atoms with Gasteiger partial charge in [0.2, 0.25) is 5.89 Å². The molecule has 2 aromatic heterocycles. The molecule has 0 aliphatic rings. The summed E-state index contributed by atoms with van der Waals surface area (Å²) in [5.41, 5.74) is 7.50. The van der Waals surface area contributed by atoms with Crippen molar-refractivity contribution >= 4 is 48.6 Å². The fraction of sp³-hybridized carbons (Fsp3) is 0.0769. The van der Waals surface area contributed by atoms with Crippen LogP contribution in [0.1, 0.15) is 5.89 Å². The van der Waals surface area contributed by atoms with Crippen LogP contribution in [0.25, 0.3) is 11.1 Å². The van der Waals surface area contributed by atoms with E-state index in [0.29, 0.717) is 21.6 Å². The number of halogens is 2. The molecule has 0 aliphatic heterocycles. The standard InChI is InChI=1S/C13H9Br2N3O2/c14-7-3-9(15)13(19)18(5-7)6-12-17-10-2-1-8(16)4-11(10)20-12/h1-5H,6,16H2. The van der Waals surface area contributed by atoms with Gasteiger partial charge in [-0.25, -0.2) is 4.98 Å². The minimum Gasteiger partial charge on any atom is -0.439 e. The second-order valence-electron chi connectivity index (χ2n) is 4.27. The Morgan fingerprint density at radius 1 is 1.30 bits per heavy atom. The molecule has 0 bridgehead atoms. The van der Waals surface area contributed by atoms with Gasteiger partial charge >= 0.3 is 0 Å². The van der Waals surface area contributed by atoms with E-state index in [0.717, 1.165) is 9.99 Å². The Labute approximate surface area is 130 Å². The zero-order valence-electron chi connectivity index (χ0n) is 10.1. The Morgan fingerprint density at radius 3 is 2.90 bits per heavy atom. The van der Waals surface area contributed by atoms with Crippen LogP contribution >= 0.6 is 31.9 Å². The van der Waals surface area contributed by atoms with Crippen molar-refractivity contribution in [1.29, 1.82) is 0 Å².